The standard InChI is InChI=1S/C8H11N3O3/c1-4(12)10-8-6(7(13)9-3)11-5(2)14-8/h1-3H3,(H,9,13)(H,10,12). The van der Waals surface area contributed by atoms with E-state index >= 15 is 0 Å². The lowest BCUT2D eigenvalue weighted by Gasteiger charge is -1.98. The Kier molecular flexibility index (Phi) is 2.85. The van der Waals surface area contributed by atoms with Crippen LogP contribution in [0.15, 0.2) is 4.42 Å². The fourth-order valence-corrected chi connectivity index (χ4v) is 0.944. The maximum Gasteiger partial charge on any atom is 0.275 e. The first-order chi connectivity index (χ1) is 6.54. The predicted molar refractivity (Wildman–Crippen MR) is 48.9 cm³/mol. The van der Waals surface area contributed by atoms with Crippen LogP contribution in [0, 0.1) is 6.92 Å². The van der Waals surface area contributed by atoms with Crippen LogP contribution in [-0.4, -0.2) is 23.8 Å². The Morgan fingerprint density at radius 2 is 2.07 bits per heavy atom. The fourth-order valence-electron chi connectivity index (χ4n) is 0.944. The average Bonchev–Trinajstić information content (AvgIpc) is 2.44. The largest absolute Gasteiger partial charge is 0.424 e. The zero-order chi connectivity index (χ0) is 10.7. The predicted octanol–water partition coefficient (Wildman–Crippen LogP) is 0.301. The van der Waals surface area contributed by atoms with Crippen LogP contribution in [0.2, 0.25) is 0 Å². The number of hydrogen-bond acceptors (Lipinski definition) is 4. The molecule has 0 aromatic carbocycles. The van der Waals surface area contributed by atoms with Crippen LogP contribution in [0.25, 0.3) is 0 Å². The van der Waals surface area contributed by atoms with Crippen molar-refractivity contribution in [3.8, 4) is 0 Å². The van der Waals surface area contributed by atoms with Crippen LogP contribution in [0.1, 0.15) is 23.3 Å². The molecule has 14 heavy (non-hydrogen) atoms. The van der Waals surface area contributed by atoms with Gasteiger partial charge in [-0.05, 0) is 0 Å². The van der Waals surface area contributed by atoms with Crippen molar-refractivity contribution in [2.75, 3.05) is 12.4 Å². The Morgan fingerprint density at radius 3 is 2.57 bits per heavy atom. The minimum absolute atomic E-state index is 0.0781. The van der Waals surface area contributed by atoms with Crippen LogP contribution in [0.3, 0.4) is 0 Å². The topological polar surface area (TPSA) is 84.2 Å². The maximum absolute atomic E-state index is 11.2. The summed E-state index contributed by atoms with van der Waals surface area (Å²) in [7, 11) is 1.48. The maximum atomic E-state index is 11.2. The van der Waals surface area contributed by atoms with E-state index in [1.54, 1.807) is 6.92 Å². The van der Waals surface area contributed by atoms with Crippen molar-refractivity contribution in [3.63, 3.8) is 0 Å². The summed E-state index contributed by atoms with van der Waals surface area (Å²) in [4.78, 5) is 25.8. The summed E-state index contributed by atoms with van der Waals surface area (Å²) in [5.74, 6) is -0.307. The highest BCUT2D eigenvalue weighted by atomic mass is 16.4. The molecule has 1 aromatic rings. The van der Waals surface area contributed by atoms with Crippen molar-refractivity contribution in [1.29, 1.82) is 0 Å². The van der Waals surface area contributed by atoms with Gasteiger partial charge in [0.1, 0.15) is 0 Å². The zero-order valence-corrected chi connectivity index (χ0v) is 8.17. The molecule has 0 saturated carbocycles. The number of oxazole rings is 1. The summed E-state index contributed by atoms with van der Waals surface area (Å²) in [5.41, 5.74) is 0.0835. The molecule has 0 aliphatic rings. The van der Waals surface area contributed by atoms with Gasteiger partial charge in [-0.1, -0.05) is 0 Å². The number of anilines is 1. The molecule has 2 amide bonds. The first-order valence-electron chi connectivity index (χ1n) is 4.01. The van der Waals surface area contributed by atoms with Crippen molar-refractivity contribution in [1.82, 2.24) is 10.3 Å². The van der Waals surface area contributed by atoms with Gasteiger partial charge < -0.3 is 9.73 Å². The average molecular weight is 197 g/mol. The molecule has 0 aliphatic carbocycles. The van der Waals surface area contributed by atoms with Gasteiger partial charge in [-0.25, -0.2) is 4.98 Å². The van der Waals surface area contributed by atoms with Gasteiger partial charge in [0.25, 0.3) is 5.91 Å². The molecule has 0 saturated heterocycles. The minimum atomic E-state index is -0.398. The number of nitrogens with zero attached hydrogens (tertiary/aromatic N) is 1. The molecular formula is C8H11N3O3. The van der Waals surface area contributed by atoms with Gasteiger partial charge in [-0.2, -0.15) is 0 Å². The van der Waals surface area contributed by atoms with Crippen molar-refractivity contribution in [2.24, 2.45) is 0 Å². The van der Waals surface area contributed by atoms with Gasteiger partial charge >= 0.3 is 0 Å². The van der Waals surface area contributed by atoms with Gasteiger partial charge in [0.05, 0.1) is 0 Å². The molecule has 0 bridgehead atoms. The van der Waals surface area contributed by atoms with Gasteiger partial charge in [0, 0.05) is 20.9 Å². The van der Waals surface area contributed by atoms with Gasteiger partial charge in [0.15, 0.2) is 11.6 Å². The third-order valence-corrected chi connectivity index (χ3v) is 1.47. The normalized spacial score (nSPS) is 9.64. The van der Waals surface area contributed by atoms with Crippen LogP contribution in [-0.2, 0) is 4.79 Å². The molecule has 6 heteroatoms. The molecule has 6 nitrogen and oxygen atoms in total. The third kappa shape index (κ3) is 2.09. The van der Waals surface area contributed by atoms with E-state index in [0.717, 1.165) is 0 Å². The molecule has 0 fully saturated rings. The molecule has 0 atom stereocenters. The molecule has 1 heterocycles. The second kappa shape index (κ2) is 3.91. The van der Waals surface area contributed by atoms with E-state index in [9.17, 15) is 9.59 Å². The number of carbonyl (C=O) groups excluding carboxylic acids is 2. The lowest BCUT2D eigenvalue weighted by atomic mass is 10.4. The Balaban J connectivity index is 3.02. The van der Waals surface area contributed by atoms with E-state index < -0.39 is 5.91 Å². The van der Waals surface area contributed by atoms with E-state index in [-0.39, 0.29) is 17.5 Å². The quantitative estimate of drug-likeness (QED) is 0.714. The van der Waals surface area contributed by atoms with Crippen LogP contribution >= 0.6 is 0 Å². The highest BCUT2D eigenvalue weighted by Crippen LogP contribution is 2.16. The Hall–Kier alpha value is -1.85. The molecule has 0 radical (unpaired) electrons. The SMILES string of the molecule is CNC(=O)c1nc(C)oc1NC(C)=O. The van der Waals surface area contributed by atoms with Crippen molar-refractivity contribution in [2.45, 2.75) is 13.8 Å². The summed E-state index contributed by atoms with van der Waals surface area (Å²) >= 11 is 0. The van der Waals surface area contributed by atoms with E-state index in [1.807, 2.05) is 0 Å². The number of rotatable bonds is 2. The molecule has 0 aliphatic heterocycles. The molecule has 1 rings (SSSR count). The lowest BCUT2D eigenvalue weighted by molar-refractivity contribution is -0.114. The van der Waals surface area contributed by atoms with Gasteiger partial charge in [0.2, 0.25) is 11.8 Å². The highest BCUT2D eigenvalue weighted by molar-refractivity contribution is 6.00. The number of amides is 2. The lowest BCUT2D eigenvalue weighted by Crippen LogP contribution is -2.20. The first-order valence-corrected chi connectivity index (χ1v) is 4.01. The van der Waals surface area contributed by atoms with E-state index in [4.69, 9.17) is 4.42 Å². The van der Waals surface area contributed by atoms with Crippen LogP contribution < -0.4 is 10.6 Å². The van der Waals surface area contributed by atoms with Gasteiger partial charge in [-0.3, -0.25) is 14.9 Å². The number of aromatic nitrogens is 1. The summed E-state index contributed by atoms with van der Waals surface area (Å²) in [5, 5.41) is 4.78. The second-order valence-corrected chi connectivity index (χ2v) is 2.67. The van der Waals surface area contributed by atoms with E-state index in [1.165, 1.54) is 14.0 Å². The summed E-state index contributed by atoms with van der Waals surface area (Å²) in [6.07, 6.45) is 0. The molecule has 2 N–H and O–H groups in total. The number of carbonyl (C=O) groups is 2. The number of nitrogens with one attached hydrogen (secondary N) is 2. The number of hydrogen-bond donors (Lipinski definition) is 2. The Morgan fingerprint density at radius 1 is 1.43 bits per heavy atom. The second-order valence-electron chi connectivity index (χ2n) is 2.67. The smallest absolute Gasteiger partial charge is 0.275 e. The summed E-state index contributed by atoms with van der Waals surface area (Å²) in [6.45, 7) is 2.92. The van der Waals surface area contributed by atoms with Crippen LogP contribution in [0.5, 0.6) is 0 Å². The molecule has 76 valence electrons. The molecule has 0 unspecified atom stereocenters. The van der Waals surface area contributed by atoms with Gasteiger partial charge in [-0.15, -0.1) is 0 Å². The van der Waals surface area contributed by atoms with Crippen LogP contribution in [0.4, 0.5) is 5.88 Å². The Bertz CT molecular complexity index is 370. The highest BCUT2D eigenvalue weighted by Gasteiger charge is 2.18. The number of aryl methyl sites for hydroxylation is 1. The first kappa shape index (κ1) is 10.2. The zero-order valence-electron chi connectivity index (χ0n) is 8.17. The van der Waals surface area contributed by atoms with E-state index in [2.05, 4.69) is 15.6 Å². The third-order valence-electron chi connectivity index (χ3n) is 1.47. The summed E-state index contributed by atoms with van der Waals surface area (Å²) < 4.78 is 5.04. The van der Waals surface area contributed by atoms with Crippen molar-refractivity contribution in [3.05, 3.63) is 11.6 Å². The summed E-state index contributed by atoms with van der Waals surface area (Å²) in [6, 6.07) is 0. The van der Waals surface area contributed by atoms with Crippen molar-refractivity contribution >= 4 is 17.7 Å². The minimum Gasteiger partial charge on any atom is -0.424 e. The molecular weight excluding hydrogens is 186 g/mol. The Labute approximate surface area is 80.7 Å². The van der Waals surface area contributed by atoms with Crippen molar-refractivity contribution < 1.29 is 14.0 Å². The fraction of sp³-hybridized carbons (Fsp3) is 0.375. The molecule has 0 spiro atoms. The molecule has 1 aromatic heterocycles. The monoisotopic (exact) mass is 197 g/mol. The van der Waals surface area contributed by atoms with E-state index in [0.29, 0.717) is 5.89 Å².